The van der Waals surface area contributed by atoms with E-state index in [-0.39, 0.29) is 18.6 Å². The molecule has 30 heavy (non-hydrogen) atoms. The number of anilines is 3. The van der Waals surface area contributed by atoms with Crippen LogP contribution >= 0.6 is 22.6 Å². The highest BCUT2D eigenvalue weighted by molar-refractivity contribution is 14.1. The number of ether oxygens (including phenoxy) is 1. The Morgan fingerprint density at radius 1 is 0.900 bits per heavy atom. The fourth-order valence-corrected chi connectivity index (χ4v) is 3.68. The van der Waals surface area contributed by atoms with Gasteiger partial charge in [-0.1, -0.05) is 30.3 Å². The van der Waals surface area contributed by atoms with Crippen molar-refractivity contribution in [2.45, 2.75) is 19.9 Å². The molecule has 0 heterocycles. The molecule has 0 saturated carbocycles. The van der Waals surface area contributed by atoms with E-state index in [4.69, 9.17) is 4.74 Å². The fourth-order valence-electron chi connectivity index (χ4n) is 3.07. The van der Waals surface area contributed by atoms with Gasteiger partial charge in [0.1, 0.15) is 0 Å². The minimum atomic E-state index is -0.513. The van der Waals surface area contributed by atoms with Crippen LogP contribution in [0.3, 0.4) is 0 Å². The lowest BCUT2D eigenvalue weighted by atomic mass is 10.2. The zero-order valence-corrected chi connectivity index (χ0v) is 19.0. The lowest BCUT2D eigenvalue weighted by Crippen LogP contribution is -2.25. The number of hydrogen-bond acceptors (Lipinski definition) is 4. The Hall–Kier alpha value is -2.87. The lowest BCUT2D eigenvalue weighted by molar-refractivity contribution is -0.119. The molecule has 3 aromatic rings. The Bertz CT molecular complexity index is 1000. The van der Waals surface area contributed by atoms with E-state index >= 15 is 0 Å². The molecule has 1 N–H and O–H groups in total. The summed E-state index contributed by atoms with van der Waals surface area (Å²) < 4.78 is 5.91. The average Bonchev–Trinajstić information content (AvgIpc) is 2.74. The smallest absolute Gasteiger partial charge is 0.339 e. The SMILES string of the molecule is CC(C)N(c1ccccc1)c1ccc(NC(=O)COC(=O)c2ccccc2I)cc1. The van der Waals surface area contributed by atoms with Gasteiger partial charge in [0.2, 0.25) is 0 Å². The topological polar surface area (TPSA) is 58.6 Å². The Morgan fingerprint density at radius 3 is 2.13 bits per heavy atom. The predicted molar refractivity (Wildman–Crippen MR) is 128 cm³/mol. The summed E-state index contributed by atoms with van der Waals surface area (Å²) >= 11 is 2.06. The van der Waals surface area contributed by atoms with E-state index in [1.54, 1.807) is 12.1 Å². The highest BCUT2D eigenvalue weighted by Crippen LogP contribution is 2.28. The first-order valence-corrected chi connectivity index (χ1v) is 10.7. The van der Waals surface area contributed by atoms with Crippen molar-refractivity contribution in [3.8, 4) is 0 Å². The van der Waals surface area contributed by atoms with Crippen molar-refractivity contribution in [2.75, 3.05) is 16.8 Å². The number of hydrogen-bond donors (Lipinski definition) is 1. The van der Waals surface area contributed by atoms with Crippen LogP contribution in [0.15, 0.2) is 78.9 Å². The molecule has 6 heteroatoms. The number of carbonyl (C=O) groups excluding carboxylic acids is 2. The van der Waals surface area contributed by atoms with Gasteiger partial charge in [-0.15, -0.1) is 0 Å². The van der Waals surface area contributed by atoms with E-state index in [0.29, 0.717) is 11.3 Å². The van der Waals surface area contributed by atoms with Gasteiger partial charge in [0, 0.05) is 26.7 Å². The van der Waals surface area contributed by atoms with Crippen LogP contribution in [0.25, 0.3) is 0 Å². The van der Waals surface area contributed by atoms with E-state index in [0.717, 1.165) is 14.9 Å². The Kier molecular flexibility index (Phi) is 7.46. The van der Waals surface area contributed by atoms with Gasteiger partial charge >= 0.3 is 5.97 Å². The molecule has 0 atom stereocenters. The fraction of sp³-hybridized carbons (Fsp3) is 0.167. The summed E-state index contributed by atoms with van der Waals surface area (Å²) in [6.07, 6.45) is 0. The summed E-state index contributed by atoms with van der Waals surface area (Å²) in [5.74, 6) is -0.897. The highest BCUT2D eigenvalue weighted by Gasteiger charge is 2.15. The molecule has 0 saturated heterocycles. The molecule has 154 valence electrons. The third-order valence-electron chi connectivity index (χ3n) is 4.41. The van der Waals surface area contributed by atoms with Crippen molar-refractivity contribution in [3.05, 3.63) is 88.0 Å². The van der Waals surface area contributed by atoms with Crippen molar-refractivity contribution in [1.82, 2.24) is 0 Å². The van der Waals surface area contributed by atoms with Gasteiger partial charge in [0.25, 0.3) is 5.91 Å². The van der Waals surface area contributed by atoms with Gasteiger partial charge in [0.15, 0.2) is 6.61 Å². The minimum absolute atomic E-state index is 0.271. The molecule has 5 nitrogen and oxygen atoms in total. The lowest BCUT2D eigenvalue weighted by Gasteiger charge is -2.29. The van der Waals surface area contributed by atoms with Gasteiger partial charge in [-0.25, -0.2) is 4.79 Å². The first kappa shape index (κ1) is 21.8. The molecule has 0 fully saturated rings. The molecule has 0 aliphatic carbocycles. The van der Waals surface area contributed by atoms with Crippen molar-refractivity contribution < 1.29 is 14.3 Å². The number of nitrogens with one attached hydrogen (secondary N) is 1. The number of amides is 1. The van der Waals surface area contributed by atoms with Crippen molar-refractivity contribution in [1.29, 1.82) is 0 Å². The van der Waals surface area contributed by atoms with Crippen molar-refractivity contribution >= 4 is 51.5 Å². The summed E-state index contributed by atoms with van der Waals surface area (Å²) in [7, 11) is 0. The van der Waals surface area contributed by atoms with E-state index < -0.39 is 5.97 Å². The van der Waals surface area contributed by atoms with Crippen LogP contribution in [0.4, 0.5) is 17.1 Å². The van der Waals surface area contributed by atoms with Gasteiger partial charge in [-0.3, -0.25) is 4.79 Å². The standard InChI is InChI=1S/C24H23IN2O3/c1-17(2)27(19-8-4-3-5-9-19)20-14-12-18(13-15-20)26-23(28)16-30-24(29)21-10-6-7-11-22(21)25/h3-15,17H,16H2,1-2H3,(H,26,28). The molecular formula is C24H23IN2O3. The number of nitrogens with zero attached hydrogens (tertiary/aromatic N) is 1. The second kappa shape index (κ2) is 10.2. The second-order valence-electron chi connectivity index (χ2n) is 6.95. The quantitative estimate of drug-likeness (QED) is 0.328. The van der Waals surface area contributed by atoms with E-state index in [9.17, 15) is 9.59 Å². The molecule has 3 rings (SSSR count). The zero-order valence-electron chi connectivity index (χ0n) is 16.8. The number of benzene rings is 3. The molecule has 0 aliphatic rings. The van der Waals surface area contributed by atoms with Crippen LogP contribution in [0.5, 0.6) is 0 Å². The van der Waals surface area contributed by atoms with Crippen molar-refractivity contribution in [3.63, 3.8) is 0 Å². The number of halogens is 1. The monoisotopic (exact) mass is 514 g/mol. The Balaban J connectivity index is 1.60. The summed E-state index contributed by atoms with van der Waals surface area (Å²) in [6, 6.07) is 25.1. The maximum absolute atomic E-state index is 12.2. The molecule has 0 spiro atoms. The molecule has 0 unspecified atom stereocenters. The maximum Gasteiger partial charge on any atom is 0.339 e. The molecular weight excluding hydrogens is 491 g/mol. The van der Waals surface area contributed by atoms with Crippen LogP contribution in [0.1, 0.15) is 24.2 Å². The number of esters is 1. The predicted octanol–water partition coefficient (Wildman–Crippen LogP) is 5.63. The first-order valence-electron chi connectivity index (χ1n) is 9.61. The molecule has 0 bridgehead atoms. The first-order chi connectivity index (χ1) is 14.5. The Morgan fingerprint density at radius 2 is 1.50 bits per heavy atom. The van der Waals surface area contributed by atoms with Crippen LogP contribution in [0.2, 0.25) is 0 Å². The van der Waals surface area contributed by atoms with Gasteiger partial charge in [0.05, 0.1) is 5.56 Å². The van der Waals surface area contributed by atoms with Crippen LogP contribution in [0, 0.1) is 3.57 Å². The normalized spacial score (nSPS) is 10.5. The Labute approximate surface area is 190 Å². The number of carbonyl (C=O) groups is 2. The second-order valence-corrected chi connectivity index (χ2v) is 8.11. The average molecular weight is 514 g/mol. The van der Waals surface area contributed by atoms with E-state index in [1.165, 1.54) is 0 Å². The van der Waals surface area contributed by atoms with Gasteiger partial charge < -0.3 is 15.0 Å². The highest BCUT2D eigenvalue weighted by atomic mass is 127. The molecule has 0 aliphatic heterocycles. The van der Waals surface area contributed by atoms with E-state index in [2.05, 4.69) is 58.8 Å². The maximum atomic E-state index is 12.2. The van der Waals surface area contributed by atoms with Gasteiger partial charge in [-0.05, 0) is 85.0 Å². The summed E-state index contributed by atoms with van der Waals surface area (Å²) in [5.41, 5.74) is 3.22. The largest absolute Gasteiger partial charge is 0.452 e. The third kappa shape index (κ3) is 5.60. The summed E-state index contributed by atoms with van der Waals surface area (Å²) in [5, 5.41) is 2.76. The summed E-state index contributed by atoms with van der Waals surface area (Å²) in [4.78, 5) is 26.5. The summed E-state index contributed by atoms with van der Waals surface area (Å²) in [6.45, 7) is 3.92. The molecule has 0 radical (unpaired) electrons. The number of para-hydroxylation sites is 1. The minimum Gasteiger partial charge on any atom is -0.452 e. The molecule has 1 amide bonds. The van der Waals surface area contributed by atoms with Crippen LogP contribution in [-0.2, 0) is 9.53 Å². The third-order valence-corrected chi connectivity index (χ3v) is 5.35. The van der Waals surface area contributed by atoms with E-state index in [1.807, 2.05) is 54.6 Å². The number of rotatable bonds is 7. The van der Waals surface area contributed by atoms with Crippen molar-refractivity contribution in [2.24, 2.45) is 0 Å². The van der Waals surface area contributed by atoms with Gasteiger partial charge in [-0.2, -0.15) is 0 Å². The molecule has 0 aromatic heterocycles. The van der Waals surface area contributed by atoms with Crippen LogP contribution in [-0.4, -0.2) is 24.5 Å². The zero-order chi connectivity index (χ0) is 21.5. The molecule has 3 aromatic carbocycles. The van der Waals surface area contributed by atoms with Crippen LogP contribution < -0.4 is 10.2 Å².